The number of hydrogen-bond donors (Lipinski definition) is 1. The fraction of sp³-hybridized carbons (Fsp3) is 0.333. The second kappa shape index (κ2) is 9.24. The molecular formula is C24H27N3O3. The maximum absolute atomic E-state index is 13.0. The van der Waals surface area contributed by atoms with Crippen LogP contribution in [-0.2, 0) is 4.79 Å². The van der Waals surface area contributed by atoms with Gasteiger partial charge in [-0.1, -0.05) is 48.5 Å². The topological polar surface area (TPSA) is 65.9 Å². The average molecular weight is 405 g/mol. The van der Waals surface area contributed by atoms with Crippen molar-refractivity contribution in [2.75, 3.05) is 33.3 Å². The number of rotatable bonds is 7. The zero-order valence-electron chi connectivity index (χ0n) is 17.1. The first kappa shape index (κ1) is 20.3. The number of fused-ring (bicyclic) bond motifs is 1. The van der Waals surface area contributed by atoms with Crippen LogP contribution in [0.2, 0.25) is 0 Å². The van der Waals surface area contributed by atoms with Crippen molar-refractivity contribution in [1.82, 2.24) is 14.8 Å². The van der Waals surface area contributed by atoms with Crippen molar-refractivity contribution >= 4 is 16.7 Å². The molecule has 1 N–H and O–H groups in total. The van der Waals surface area contributed by atoms with E-state index in [1.165, 1.54) is 0 Å². The minimum Gasteiger partial charge on any atom is -0.467 e. The molecule has 3 aromatic rings. The van der Waals surface area contributed by atoms with Gasteiger partial charge in [0.2, 0.25) is 5.88 Å². The Balaban J connectivity index is 1.47. The van der Waals surface area contributed by atoms with Crippen molar-refractivity contribution in [2.24, 2.45) is 0 Å². The number of β-amino-alcohol motifs (C(OH)–C–C–N with tert-alkyl or cyclic N) is 1. The van der Waals surface area contributed by atoms with Gasteiger partial charge in [-0.15, -0.1) is 0 Å². The SMILES string of the molecule is CN(C(=O)COc1nccc2ccccc12)C(CN1CCC(O)C1)c1ccccc1. The molecule has 1 amide bonds. The Kier molecular flexibility index (Phi) is 6.26. The molecule has 1 aliphatic rings. The van der Waals surface area contributed by atoms with Gasteiger partial charge < -0.3 is 14.7 Å². The number of benzene rings is 2. The summed E-state index contributed by atoms with van der Waals surface area (Å²) in [6, 6.07) is 19.6. The molecule has 2 heterocycles. The molecule has 2 unspecified atom stereocenters. The Hall–Kier alpha value is -2.96. The van der Waals surface area contributed by atoms with E-state index in [0.717, 1.165) is 29.3 Å². The fourth-order valence-electron chi connectivity index (χ4n) is 3.96. The maximum atomic E-state index is 13.0. The summed E-state index contributed by atoms with van der Waals surface area (Å²) < 4.78 is 5.82. The van der Waals surface area contributed by atoms with Crippen LogP contribution in [0.15, 0.2) is 66.9 Å². The Morgan fingerprint density at radius 3 is 2.73 bits per heavy atom. The summed E-state index contributed by atoms with van der Waals surface area (Å²) in [7, 11) is 1.81. The molecular weight excluding hydrogens is 378 g/mol. The molecule has 0 spiro atoms. The number of pyridine rings is 1. The third-order valence-electron chi connectivity index (χ3n) is 5.69. The molecule has 156 valence electrons. The standard InChI is InChI=1S/C24H27N3O3/c1-26(22(19-8-3-2-4-9-19)16-27-14-12-20(28)15-27)23(29)17-30-24-21-10-6-5-7-18(21)11-13-25-24/h2-11,13,20,22,28H,12,14-17H2,1H3. The molecule has 0 aliphatic carbocycles. The van der Waals surface area contributed by atoms with Crippen LogP contribution in [0.4, 0.5) is 0 Å². The number of aliphatic hydroxyl groups is 1. The fourth-order valence-corrected chi connectivity index (χ4v) is 3.96. The van der Waals surface area contributed by atoms with E-state index in [1.807, 2.05) is 67.7 Å². The van der Waals surface area contributed by atoms with E-state index in [9.17, 15) is 9.90 Å². The molecule has 2 aromatic carbocycles. The quantitative estimate of drug-likeness (QED) is 0.655. The lowest BCUT2D eigenvalue weighted by molar-refractivity contribution is -0.134. The minimum atomic E-state index is -0.289. The first-order valence-electron chi connectivity index (χ1n) is 10.3. The van der Waals surface area contributed by atoms with Gasteiger partial charge in [-0.05, 0) is 29.5 Å². The van der Waals surface area contributed by atoms with E-state index in [-0.39, 0.29) is 24.7 Å². The molecule has 4 rings (SSSR count). The smallest absolute Gasteiger partial charge is 0.260 e. The van der Waals surface area contributed by atoms with Gasteiger partial charge in [-0.2, -0.15) is 0 Å². The largest absolute Gasteiger partial charge is 0.467 e. The Morgan fingerprint density at radius 2 is 1.97 bits per heavy atom. The van der Waals surface area contributed by atoms with Gasteiger partial charge in [0.15, 0.2) is 6.61 Å². The molecule has 0 bridgehead atoms. The van der Waals surface area contributed by atoms with E-state index < -0.39 is 0 Å². The molecule has 30 heavy (non-hydrogen) atoms. The van der Waals surface area contributed by atoms with Crippen molar-refractivity contribution in [3.05, 3.63) is 72.4 Å². The Labute approximate surface area is 176 Å². The van der Waals surface area contributed by atoms with Crippen LogP contribution in [0.25, 0.3) is 10.8 Å². The molecule has 2 atom stereocenters. The Morgan fingerprint density at radius 1 is 1.20 bits per heavy atom. The predicted molar refractivity (Wildman–Crippen MR) is 116 cm³/mol. The highest BCUT2D eigenvalue weighted by Gasteiger charge is 2.28. The number of carbonyl (C=O) groups is 1. The number of likely N-dealkylation sites (tertiary alicyclic amines) is 1. The summed E-state index contributed by atoms with van der Waals surface area (Å²) >= 11 is 0. The third kappa shape index (κ3) is 4.61. The minimum absolute atomic E-state index is 0.0799. The van der Waals surface area contributed by atoms with Crippen molar-refractivity contribution in [2.45, 2.75) is 18.6 Å². The highest BCUT2D eigenvalue weighted by atomic mass is 16.5. The number of ether oxygens (including phenoxy) is 1. The number of aromatic nitrogens is 1. The Bertz CT molecular complexity index is 990. The van der Waals surface area contributed by atoms with Crippen molar-refractivity contribution in [3.63, 3.8) is 0 Å². The van der Waals surface area contributed by atoms with E-state index in [4.69, 9.17) is 4.74 Å². The summed E-state index contributed by atoms with van der Waals surface area (Å²) in [5.41, 5.74) is 1.07. The monoisotopic (exact) mass is 405 g/mol. The van der Waals surface area contributed by atoms with Crippen molar-refractivity contribution in [3.8, 4) is 5.88 Å². The van der Waals surface area contributed by atoms with Gasteiger partial charge in [0.05, 0.1) is 12.1 Å². The van der Waals surface area contributed by atoms with E-state index >= 15 is 0 Å². The van der Waals surface area contributed by atoms with Crippen LogP contribution < -0.4 is 4.74 Å². The highest BCUT2D eigenvalue weighted by molar-refractivity contribution is 5.87. The van der Waals surface area contributed by atoms with Gasteiger partial charge in [-0.25, -0.2) is 4.98 Å². The van der Waals surface area contributed by atoms with Crippen LogP contribution in [0.3, 0.4) is 0 Å². The maximum Gasteiger partial charge on any atom is 0.260 e. The number of carbonyl (C=O) groups excluding carboxylic acids is 1. The lowest BCUT2D eigenvalue weighted by Crippen LogP contribution is -2.41. The normalized spacial score (nSPS) is 17.7. The second-order valence-corrected chi connectivity index (χ2v) is 7.76. The van der Waals surface area contributed by atoms with Crippen LogP contribution in [0.1, 0.15) is 18.0 Å². The number of hydrogen-bond acceptors (Lipinski definition) is 5. The van der Waals surface area contributed by atoms with Crippen LogP contribution in [-0.4, -0.2) is 65.2 Å². The number of amides is 1. The number of nitrogens with zero attached hydrogens (tertiary/aromatic N) is 3. The van der Waals surface area contributed by atoms with Gasteiger partial charge >= 0.3 is 0 Å². The molecule has 1 aromatic heterocycles. The van der Waals surface area contributed by atoms with Crippen LogP contribution >= 0.6 is 0 Å². The number of aliphatic hydroxyl groups excluding tert-OH is 1. The van der Waals surface area contributed by atoms with Gasteiger partial charge in [-0.3, -0.25) is 9.69 Å². The van der Waals surface area contributed by atoms with E-state index in [2.05, 4.69) is 9.88 Å². The average Bonchev–Trinajstić information content (AvgIpc) is 3.20. The number of likely N-dealkylation sites (N-methyl/N-ethyl adjacent to an activating group) is 1. The summed E-state index contributed by atoms with van der Waals surface area (Å²) in [6.45, 7) is 2.07. The van der Waals surface area contributed by atoms with Crippen molar-refractivity contribution < 1.29 is 14.6 Å². The molecule has 6 nitrogen and oxygen atoms in total. The van der Waals surface area contributed by atoms with Crippen LogP contribution in [0, 0.1) is 0 Å². The first-order chi connectivity index (χ1) is 14.6. The molecule has 1 aliphatic heterocycles. The molecule has 6 heteroatoms. The van der Waals surface area contributed by atoms with E-state index in [0.29, 0.717) is 19.0 Å². The zero-order valence-corrected chi connectivity index (χ0v) is 17.1. The summed E-state index contributed by atoms with van der Waals surface area (Å²) in [6.07, 6.45) is 2.18. The summed E-state index contributed by atoms with van der Waals surface area (Å²) in [5, 5.41) is 11.8. The molecule has 1 fully saturated rings. The highest BCUT2D eigenvalue weighted by Crippen LogP contribution is 2.25. The molecule has 0 radical (unpaired) electrons. The lowest BCUT2D eigenvalue weighted by Gasteiger charge is -2.32. The van der Waals surface area contributed by atoms with Gasteiger partial charge in [0.1, 0.15) is 0 Å². The summed E-state index contributed by atoms with van der Waals surface area (Å²) in [4.78, 5) is 21.3. The second-order valence-electron chi connectivity index (χ2n) is 7.76. The van der Waals surface area contributed by atoms with Gasteiger partial charge in [0, 0.05) is 38.3 Å². The first-order valence-corrected chi connectivity index (χ1v) is 10.3. The van der Waals surface area contributed by atoms with Crippen molar-refractivity contribution in [1.29, 1.82) is 0 Å². The summed E-state index contributed by atoms with van der Waals surface area (Å²) in [5.74, 6) is 0.354. The van der Waals surface area contributed by atoms with E-state index in [1.54, 1.807) is 11.1 Å². The molecule has 1 saturated heterocycles. The zero-order chi connectivity index (χ0) is 20.9. The predicted octanol–water partition coefficient (Wildman–Crippen LogP) is 2.88. The lowest BCUT2D eigenvalue weighted by atomic mass is 10.0. The van der Waals surface area contributed by atoms with Gasteiger partial charge in [0.25, 0.3) is 5.91 Å². The van der Waals surface area contributed by atoms with Crippen LogP contribution in [0.5, 0.6) is 5.88 Å². The molecule has 0 saturated carbocycles. The third-order valence-corrected chi connectivity index (χ3v) is 5.69.